The first-order valence-corrected chi connectivity index (χ1v) is 7.26. The van der Waals surface area contributed by atoms with Crippen molar-refractivity contribution in [2.45, 2.75) is 6.92 Å². The van der Waals surface area contributed by atoms with E-state index >= 15 is 0 Å². The lowest BCUT2D eigenvalue weighted by Gasteiger charge is -2.12. The van der Waals surface area contributed by atoms with Crippen LogP contribution in [0.4, 0.5) is 0 Å². The molecular weight excluding hydrogens is 330 g/mol. The first-order chi connectivity index (χ1) is 10.1. The Bertz CT molecular complexity index is 859. The van der Waals surface area contributed by atoms with Crippen LogP contribution < -0.4 is 0 Å². The smallest absolute Gasteiger partial charge is 0.336 e. The summed E-state index contributed by atoms with van der Waals surface area (Å²) in [5, 5.41) is 10.2. The van der Waals surface area contributed by atoms with Crippen molar-refractivity contribution in [2.24, 2.45) is 0 Å². The minimum absolute atomic E-state index is 0.315. The average molecular weight is 342 g/mol. The van der Waals surface area contributed by atoms with E-state index in [0.29, 0.717) is 27.7 Å². The van der Waals surface area contributed by atoms with E-state index in [-0.39, 0.29) is 0 Å². The molecule has 0 bridgehead atoms. The zero-order valence-electron chi connectivity index (χ0n) is 11.3. The van der Waals surface area contributed by atoms with Crippen LogP contribution in [-0.4, -0.2) is 16.1 Å². The number of carboxylic acid groups (broad SMARTS) is 1. The number of hydrogen-bond donors (Lipinski definition) is 1. The predicted molar refractivity (Wildman–Crippen MR) is 86.6 cm³/mol. The standard InChI is InChI=1S/C17H12BrNO2/c1-10-15(17(20)21)13-7-2-3-8-14(13)19-16(10)11-5-4-6-12(18)9-11/h2-9H,1H3,(H,20,21). The number of aromatic carboxylic acids is 1. The molecule has 0 radical (unpaired) electrons. The highest BCUT2D eigenvalue weighted by atomic mass is 79.9. The maximum absolute atomic E-state index is 11.6. The Morgan fingerprint density at radius 2 is 1.90 bits per heavy atom. The number of halogens is 1. The van der Waals surface area contributed by atoms with Crippen molar-refractivity contribution in [1.29, 1.82) is 0 Å². The summed E-state index contributed by atoms with van der Waals surface area (Å²) < 4.78 is 0.936. The van der Waals surface area contributed by atoms with E-state index in [0.717, 1.165) is 10.0 Å². The maximum atomic E-state index is 11.6. The molecule has 3 aromatic rings. The molecule has 3 rings (SSSR count). The van der Waals surface area contributed by atoms with Gasteiger partial charge in [-0.3, -0.25) is 0 Å². The lowest BCUT2D eigenvalue weighted by Crippen LogP contribution is -2.04. The number of carbonyl (C=O) groups is 1. The van der Waals surface area contributed by atoms with E-state index in [2.05, 4.69) is 20.9 Å². The molecule has 0 aliphatic heterocycles. The average Bonchev–Trinajstić information content (AvgIpc) is 2.46. The van der Waals surface area contributed by atoms with Gasteiger partial charge in [0, 0.05) is 15.4 Å². The Morgan fingerprint density at radius 1 is 1.14 bits per heavy atom. The highest BCUT2D eigenvalue weighted by Gasteiger charge is 2.17. The first-order valence-electron chi connectivity index (χ1n) is 6.46. The zero-order chi connectivity index (χ0) is 15.0. The van der Waals surface area contributed by atoms with Gasteiger partial charge in [0.2, 0.25) is 0 Å². The number of benzene rings is 2. The molecule has 0 saturated heterocycles. The van der Waals surface area contributed by atoms with Gasteiger partial charge in [-0.2, -0.15) is 0 Å². The summed E-state index contributed by atoms with van der Waals surface area (Å²) in [4.78, 5) is 16.3. The van der Waals surface area contributed by atoms with Gasteiger partial charge in [-0.25, -0.2) is 9.78 Å². The second kappa shape index (κ2) is 5.30. The number of rotatable bonds is 2. The Labute approximate surface area is 130 Å². The van der Waals surface area contributed by atoms with Crippen molar-refractivity contribution in [1.82, 2.24) is 4.98 Å². The highest BCUT2D eigenvalue weighted by Crippen LogP contribution is 2.30. The second-order valence-corrected chi connectivity index (χ2v) is 5.71. The number of para-hydroxylation sites is 1. The molecule has 0 atom stereocenters. The molecule has 4 heteroatoms. The summed E-state index contributed by atoms with van der Waals surface area (Å²) in [7, 11) is 0. The molecule has 1 N–H and O–H groups in total. The van der Waals surface area contributed by atoms with Gasteiger partial charge in [0.25, 0.3) is 0 Å². The normalized spacial score (nSPS) is 10.8. The number of carboxylic acids is 1. The lowest BCUT2D eigenvalue weighted by molar-refractivity contribution is 0.0698. The Hall–Kier alpha value is -2.20. The van der Waals surface area contributed by atoms with E-state index in [9.17, 15) is 9.90 Å². The van der Waals surface area contributed by atoms with Crippen molar-refractivity contribution in [3.05, 3.63) is 64.1 Å². The molecule has 0 unspecified atom stereocenters. The zero-order valence-corrected chi connectivity index (χ0v) is 12.9. The van der Waals surface area contributed by atoms with Crippen LogP contribution in [0, 0.1) is 6.92 Å². The molecule has 104 valence electrons. The molecular formula is C17H12BrNO2. The number of nitrogens with zero attached hydrogens (tertiary/aromatic N) is 1. The fraction of sp³-hybridized carbons (Fsp3) is 0.0588. The third-order valence-corrected chi connectivity index (χ3v) is 3.94. The Kier molecular flexibility index (Phi) is 3.47. The van der Waals surface area contributed by atoms with Crippen LogP contribution in [0.3, 0.4) is 0 Å². The van der Waals surface area contributed by atoms with Crippen LogP contribution in [0.5, 0.6) is 0 Å². The number of hydrogen-bond acceptors (Lipinski definition) is 2. The SMILES string of the molecule is Cc1c(-c2cccc(Br)c2)nc2ccccc2c1C(=O)O. The molecule has 21 heavy (non-hydrogen) atoms. The van der Waals surface area contributed by atoms with Crippen LogP contribution in [0.15, 0.2) is 53.0 Å². The van der Waals surface area contributed by atoms with Crippen molar-refractivity contribution in [3.63, 3.8) is 0 Å². The van der Waals surface area contributed by atoms with Gasteiger partial charge in [-0.15, -0.1) is 0 Å². The number of fused-ring (bicyclic) bond motifs is 1. The van der Waals surface area contributed by atoms with E-state index in [1.54, 1.807) is 13.0 Å². The monoisotopic (exact) mass is 341 g/mol. The van der Waals surface area contributed by atoms with Gasteiger partial charge >= 0.3 is 5.97 Å². The topological polar surface area (TPSA) is 50.2 Å². The lowest BCUT2D eigenvalue weighted by atomic mass is 9.98. The van der Waals surface area contributed by atoms with Crippen LogP contribution in [-0.2, 0) is 0 Å². The number of pyridine rings is 1. The molecule has 0 spiro atoms. The highest BCUT2D eigenvalue weighted by molar-refractivity contribution is 9.10. The molecule has 3 nitrogen and oxygen atoms in total. The van der Waals surface area contributed by atoms with Gasteiger partial charge in [0.05, 0.1) is 16.8 Å². The second-order valence-electron chi connectivity index (χ2n) is 4.79. The summed E-state index contributed by atoms with van der Waals surface area (Å²) >= 11 is 3.44. The minimum atomic E-state index is -0.928. The molecule has 0 saturated carbocycles. The summed E-state index contributed by atoms with van der Waals surface area (Å²) in [6.45, 7) is 1.80. The third kappa shape index (κ3) is 2.43. The molecule has 2 aromatic carbocycles. The van der Waals surface area contributed by atoms with Crippen molar-refractivity contribution >= 4 is 32.8 Å². The molecule has 0 fully saturated rings. The minimum Gasteiger partial charge on any atom is -0.478 e. The van der Waals surface area contributed by atoms with E-state index in [1.807, 2.05) is 42.5 Å². The van der Waals surface area contributed by atoms with Crippen LogP contribution in [0.2, 0.25) is 0 Å². The van der Waals surface area contributed by atoms with Crippen LogP contribution in [0.25, 0.3) is 22.2 Å². The quantitative estimate of drug-likeness (QED) is 0.736. The number of aromatic nitrogens is 1. The molecule has 0 aliphatic carbocycles. The van der Waals surface area contributed by atoms with Gasteiger partial charge < -0.3 is 5.11 Å². The predicted octanol–water partition coefficient (Wildman–Crippen LogP) is 4.67. The van der Waals surface area contributed by atoms with Gasteiger partial charge in [-0.1, -0.05) is 46.3 Å². The Morgan fingerprint density at radius 3 is 2.62 bits per heavy atom. The van der Waals surface area contributed by atoms with E-state index in [4.69, 9.17) is 0 Å². The fourth-order valence-corrected chi connectivity index (χ4v) is 2.90. The van der Waals surface area contributed by atoms with Crippen molar-refractivity contribution in [3.8, 4) is 11.3 Å². The third-order valence-electron chi connectivity index (χ3n) is 3.45. The molecule has 1 aromatic heterocycles. The fourth-order valence-electron chi connectivity index (χ4n) is 2.50. The van der Waals surface area contributed by atoms with E-state index in [1.165, 1.54) is 0 Å². The van der Waals surface area contributed by atoms with Crippen LogP contribution in [0.1, 0.15) is 15.9 Å². The van der Waals surface area contributed by atoms with Crippen LogP contribution >= 0.6 is 15.9 Å². The largest absolute Gasteiger partial charge is 0.478 e. The molecule has 0 amide bonds. The molecule has 0 aliphatic rings. The maximum Gasteiger partial charge on any atom is 0.336 e. The Balaban J connectivity index is 2.39. The summed E-state index contributed by atoms with van der Waals surface area (Å²) in [5.41, 5.74) is 3.29. The van der Waals surface area contributed by atoms with Gasteiger partial charge in [0.15, 0.2) is 0 Å². The summed E-state index contributed by atoms with van der Waals surface area (Å²) in [6.07, 6.45) is 0. The first kappa shape index (κ1) is 13.8. The van der Waals surface area contributed by atoms with Crippen molar-refractivity contribution < 1.29 is 9.90 Å². The van der Waals surface area contributed by atoms with Gasteiger partial charge in [0.1, 0.15) is 0 Å². The van der Waals surface area contributed by atoms with Crippen molar-refractivity contribution in [2.75, 3.05) is 0 Å². The summed E-state index contributed by atoms with van der Waals surface area (Å²) in [5.74, 6) is -0.928. The van der Waals surface area contributed by atoms with E-state index < -0.39 is 5.97 Å². The molecule has 1 heterocycles. The van der Waals surface area contributed by atoms with Gasteiger partial charge in [-0.05, 0) is 30.7 Å². The summed E-state index contributed by atoms with van der Waals surface area (Å²) in [6, 6.07) is 15.0.